The second kappa shape index (κ2) is 8.50. The van der Waals surface area contributed by atoms with Gasteiger partial charge in [-0.3, -0.25) is 4.79 Å². The van der Waals surface area contributed by atoms with Crippen molar-refractivity contribution in [2.24, 2.45) is 0 Å². The summed E-state index contributed by atoms with van der Waals surface area (Å²) in [5.41, 5.74) is 1.14. The van der Waals surface area contributed by atoms with Crippen molar-refractivity contribution in [2.75, 3.05) is 20.6 Å². The van der Waals surface area contributed by atoms with Gasteiger partial charge in [-0.15, -0.1) is 12.4 Å². The molecule has 96 valence electrons. The van der Waals surface area contributed by atoms with Crippen LogP contribution in [0.3, 0.4) is 0 Å². The molecular formula is C12H18BrClN2O. The third-order valence-electron chi connectivity index (χ3n) is 2.35. The van der Waals surface area contributed by atoms with Gasteiger partial charge < -0.3 is 10.2 Å². The Labute approximate surface area is 117 Å². The predicted octanol–water partition coefficient (Wildman–Crippen LogP) is 2.44. The molecule has 0 aliphatic carbocycles. The van der Waals surface area contributed by atoms with Crippen molar-refractivity contribution in [3.8, 4) is 0 Å². The molecular weight excluding hydrogens is 304 g/mol. The van der Waals surface area contributed by atoms with Gasteiger partial charge in [-0.25, -0.2) is 0 Å². The molecule has 0 radical (unpaired) electrons. The highest BCUT2D eigenvalue weighted by molar-refractivity contribution is 9.10. The van der Waals surface area contributed by atoms with Gasteiger partial charge in [0.05, 0.1) is 0 Å². The van der Waals surface area contributed by atoms with Crippen molar-refractivity contribution in [1.82, 2.24) is 10.2 Å². The minimum absolute atomic E-state index is 0. The number of hydrogen-bond donors (Lipinski definition) is 1. The third kappa shape index (κ3) is 6.05. The lowest BCUT2D eigenvalue weighted by atomic mass is 10.2. The minimum Gasteiger partial charge on any atom is -0.341 e. The van der Waals surface area contributed by atoms with Crippen LogP contribution in [0.5, 0.6) is 0 Å². The molecule has 1 rings (SSSR count). The van der Waals surface area contributed by atoms with E-state index in [1.807, 2.05) is 38.4 Å². The van der Waals surface area contributed by atoms with E-state index in [1.54, 1.807) is 4.90 Å². The molecule has 0 spiro atoms. The molecule has 0 saturated heterocycles. The van der Waals surface area contributed by atoms with Crippen LogP contribution >= 0.6 is 28.3 Å². The first-order valence-corrected chi connectivity index (χ1v) is 6.06. The molecule has 0 aliphatic rings. The maximum Gasteiger partial charge on any atom is 0.223 e. The molecule has 0 saturated carbocycles. The monoisotopic (exact) mass is 320 g/mol. The number of nitrogens with zero attached hydrogens (tertiary/aromatic N) is 1. The normalized spacial score (nSPS) is 9.59. The number of halogens is 2. The second-order valence-electron chi connectivity index (χ2n) is 3.73. The minimum atomic E-state index is 0. The summed E-state index contributed by atoms with van der Waals surface area (Å²) in [5.74, 6) is 0.164. The van der Waals surface area contributed by atoms with Gasteiger partial charge in [0.1, 0.15) is 0 Å². The molecule has 1 amide bonds. The lowest BCUT2D eigenvalue weighted by Gasteiger charge is -2.17. The Kier molecular flexibility index (Phi) is 8.21. The number of carbonyl (C=O) groups is 1. The summed E-state index contributed by atoms with van der Waals surface area (Å²) >= 11 is 3.39. The fourth-order valence-corrected chi connectivity index (χ4v) is 1.64. The van der Waals surface area contributed by atoms with E-state index < -0.39 is 0 Å². The van der Waals surface area contributed by atoms with Gasteiger partial charge in [0.15, 0.2) is 0 Å². The molecule has 0 fully saturated rings. The largest absolute Gasteiger partial charge is 0.341 e. The van der Waals surface area contributed by atoms with E-state index >= 15 is 0 Å². The Hall–Kier alpha value is -0.580. The zero-order valence-corrected chi connectivity index (χ0v) is 12.5. The van der Waals surface area contributed by atoms with Crippen LogP contribution in [0.4, 0.5) is 0 Å². The molecule has 17 heavy (non-hydrogen) atoms. The van der Waals surface area contributed by atoms with Crippen molar-refractivity contribution < 1.29 is 4.79 Å². The van der Waals surface area contributed by atoms with Gasteiger partial charge in [-0.1, -0.05) is 28.1 Å². The van der Waals surface area contributed by atoms with Gasteiger partial charge in [0.2, 0.25) is 5.91 Å². The molecule has 3 nitrogen and oxygen atoms in total. The Morgan fingerprint density at radius 3 is 2.47 bits per heavy atom. The van der Waals surface area contributed by atoms with Crippen LogP contribution in [-0.4, -0.2) is 31.4 Å². The average molecular weight is 322 g/mol. The topological polar surface area (TPSA) is 32.3 Å². The molecule has 1 aromatic carbocycles. The summed E-state index contributed by atoms with van der Waals surface area (Å²) in [4.78, 5) is 13.4. The summed E-state index contributed by atoms with van der Waals surface area (Å²) < 4.78 is 1.06. The molecule has 0 bridgehead atoms. The lowest BCUT2D eigenvalue weighted by Crippen LogP contribution is -2.28. The number of amides is 1. The SMILES string of the molecule is CNCCC(=O)N(C)Cc1ccc(Br)cc1.Cl. The Balaban J connectivity index is 0.00000256. The Morgan fingerprint density at radius 1 is 1.35 bits per heavy atom. The van der Waals surface area contributed by atoms with Crippen molar-refractivity contribution in [1.29, 1.82) is 0 Å². The fraction of sp³-hybridized carbons (Fsp3) is 0.417. The number of nitrogens with one attached hydrogen (secondary N) is 1. The highest BCUT2D eigenvalue weighted by Crippen LogP contribution is 2.11. The van der Waals surface area contributed by atoms with Crippen LogP contribution in [0.1, 0.15) is 12.0 Å². The average Bonchev–Trinajstić information content (AvgIpc) is 2.29. The maximum atomic E-state index is 11.6. The second-order valence-corrected chi connectivity index (χ2v) is 4.65. The molecule has 0 atom stereocenters. The fourth-order valence-electron chi connectivity index (χ4n) is 1.37. The van der Waals surface area contributed by atoms with Crippen LogP contribution in [0, 0.1) is 0 Å². The molecule has 0 heterocycles. The Morgan fingerprint density at radius 2 is 1.94 bits per heavy atom. The van der Waals surface area contributed by atoms with E-state index in [0.717, 1.165) is 16.6 Å². The summed E-state index contributed by atoms with van der Waals surface area (Å²) in [6.45, 7) is 1.39. The Bertz CT molecular complexity index is 343. The van der Waals surface area contributed by atoms with E-state index in [9.17, 15) is 4.79 Å². The highest BCUT2D eigenvalue weighted by Gasteiger charge is 2.07. The van der Waals surface area contributed by atoms with Gasteiger partial charge in [-0.05, 0) is 24.7 Å². The van der Waals surface area contributed by atoms with Crippen molar-refractivity contribution in [3.63, 3.8) is 0 Å². The van der Waals surface area contributed by atoms with E-state index in [4.69, 9.17) is 0 Å². The van der Waals surface area contributed by atoms with Crippen LogP contribution in [-0.2, 0) is 11.3 Å². The zero-order chi connectivity index (χ0) is 12.0. The van der Waals surface area contributed by atoms with E-state index in [0.29, 0.717) is 13.0 Å². The van der Waals surface area contributed by atoms with Crippen molar-refractivity contribution in [2.45, 2.75) is 13.0 Å². The van der Waals surface area contributed by atoms with E-state index in [2.05, 4.69) is 21.2 Å². The van der Waals surface area contributed by atoms with Crippen LogP contribution < -0.4 is 5.32 Å². The smallest absolute Gasteiger partial charge is 0.223 e. The number of rotatable bonds is 5. The third-order valence-corrected chi connectivity index (χ3v) is 2.88. The summed E-state index contributed by atoms with van der Waals surface area (Å²) in [6.07, 6.45) is 0.545. The quantitative estimate of drug-likeness (QED) is 0.903. The summed E-state index contributed by atoms with van der Waals surface area (Å²) in [5, 5.41) is 2.97. The molecule has 1 N–H and O–H groups in total. The first-order valence-electron chi connectivity index (χ1n) is 5.26. The van der Waals surface area contributed by atoms with Gasteiger partial charge in [0, 0.05) is 31.0 Å². The molecule has 0 aliphatic heterocycles. The van der Waals surface area contributed by atoms with Crippen molar-refractivity contribution in [3.05, 3.63) is 34.3 Å². The van der Waals surface area contributed by atoms with Crippen LogP contribution in [0.2, 0.25) is 0 Å². The van der Waals surface area contributed by atoms with Crippen LogP contribution in [0.15, 0.2) is 28.7 Å². The van der Waals surface area contributed by atoms with E-state index in [-0.39, 0.29) is 18.3 Å². The standard InChI is InChI=1S/C12H17BrN2O.ClH/c1-14-8-7-12(16)15(2)9-10-3-5-11(13)6-4-10;/h3-6,14H,7-9H2,1-2H3;1H. The van der Waals surface area contributed by atoms with E-state index in [1.165, 1.54) is 0 Å². The number of benzene rings is 1. The van der Waals surface area contributed by atoms with Gasteiger partial charge >= 0.3 is 0 Å². The molecule has 5 heteroatoms. The first-order chi connectivity index (χ1) is 7.63. The molecule has 1 aromatic rings. The van der Waals surface area contributed by atoms with Crippen LogP contribution in [0.25, 0.3) is 0 Å². The molecule has 0 aromatic heterocycles. The summed E-state index contributed by atoms with van der Waals surface area (Å²) in [7, 11) is 3.68. The summed E-state index contributed by atoms with van der Waals surface area (Å²) in [6, 6.07) is 8.01. The molecule has 0 unspecified atom stereocenters. The maximum absolute atomic E-state index is 11.6. The van der Waals surface area contributed by atoms with Gasteiger partial charge in [-0.2, -0.15) is 0 Å². The number of hydrogen-bond acceptors (Lipinski definition) is 2. The lowest BCUT2D eigenvalue weighted by molar-refractivity contribution is -0.130. The first kappa shape index (κ1) is 16.4. The van der Waals surface area contributed by atoms with Crippen molar-refractivity contribution >= 4 is 34.2 Å². The highest BCUT2D eigenvalue weighted by atomic mass is 79.9. The van der Waals surface area contributed by atoms with Gasteiger partial charge in [0.25, 0.3) is 0 Å². The predicted molar refractivity (Wildman–Crippen MR) is 76.4 cm³/mol. The number of carbonyl (C=O) groups excluding carboxylic acids is 1. The zero-order valence-electron chi connectivity index (χ0n) is 10.1.